The second-order valence-electron chi connectivity index (χ2n) is 7.25. The van der Waals surface area contributed by atoms with Crippen LogP contribution in [0.25, 0.3) is 0 Å². The summed E-state index contributed by atoms with van der Waals surface area (Å²) >= 11 is 0. The largest absolute Gasteiger partial charge is 0.365 e. The van der Waals surface area contributed by atoms with Gasteiger partial charge in [0.25, 0.3) is 0 Å². The van der Waals surface area contributed by atoms with E-state index in [2.05, 4.69) is 0 Å². The molecular weight excluding hydrogens is 374 g/mol. The first-order chi connectivity index (χ1) is 13.3. The maximum Gasteiger partial charge on any atom is 0.243 e. The van der Waals surface area contributed by atoms with Crippen molar-refractivity contribution < 1.29 is 13.2 Å². The number of likely N-dealkylation sites (N-methyl/N-ethyl adjacent to an activating group) is 1. The molecule has 1 aliphatic rings. The molecule has 6 nitrogen and oxygen atoms in total. The molecule has 7 heteroatoms. The van der Waals surface area contributed by atoms with Crippen molar-refractivity contribution in [1.29, 1.82) is 0 Å². The van der Waals surface area contributed by atoms with Crippen LogP contribution in [0.4, 0.5) is 5.69 Å². The van der Waals surface area contributed by atoms with Gasteiger partial charge in [0.1, 0.15) is 0 Å². The molecule has 0 aromatic heterocycles. The van der Waals surface area contributed by atoms with E-state index < -0.39 is 10.0 Å². The van der Waals surface area contributed by atoms with Crippen LogP contribution in [0, 0.1) is 13.8 Å². The predicted molar refractivity (Wildman–Crippen MR) is 111 cm³/mol. The molecule has 2 aromatic rings. The number of nitrogens with zero attached hydrogens (tertiary/aromatic N) is 3. The standard InChI is InChI=1S/C21H27N3O3S/c1-17-9-10-18(2)20(15-17)28(26,27)24-13-11-23(12-14-24)21(25)16-22(3)19-7-5-4-6-8-19/h4-10,15H,11-14,16H2,1-3H3. The summed E-state index contributed by atoms with van der Waals surface area (Å²) in [5, 5.41) is 0. The molecule has 1 aliphatic heterocycles. The predicted octanol–water partition coefficient (Wildman–Crippen LogP) is 2.27. The van der Waals surface area contributed by atoms with Gasteiger partial charge in [-0.25, -0.2) is 8.42 Å². The van der Waals surface area contributed by atoms with E-state index in [1.165, 1.54) is 4.31 Å². The van der Waals surface area contributed by atoms with Crippen LogP contribution in [0.1, 0.15) is 11.1 Å². The number of carbonyl (C=O) groups excluding carboxylic acids is 1. The third-order valence-electron chi connectivity index (χ3n) is 5.12. The fraction of sp³-hybridized carbons (Fsp3) is 0.381. The zero-order chi connectivity index (χ0) is 20.3. The Hall–Kier alpha value is -2.38. The van der Waals surface area contributed by atoms with E-state index in [-0.39, 0.29) is 12.5 Å². The second-order valence-corrected chi connectivity index (χ2v) is 9.15. The highest BCUT2D eigenvalue weighted by atomic mass is 32.2. The van der Waals surface area contributed by atoms with Crippen LogP contribution in [-0.2, 0) is 14.8 Å². The summed E-state index contributed by atoms with van der Waals surface area (Å²) < 4.78 is 27.5. The maximum atomic E-state index is 13.0. The van der Waals surface area contributed by atoms with Crippen molar-refractivity contribution >= 4 is 21.6 Å². The first kappa shape index (κ1) is 20.4. The summed E-state index contributed by atoms with van der Waals surface area (Å²) in [4.78, 5) is 16.6. The highest BCUT2D eigenvalue weighted by molar-refractivity contribution is 7.89. The second kappa shape index (κ2) is 8.32. The van der Waals surface area contributed by atoms with Crippen LogP contribution in [0.5, 0.6) is 0 Å². The minimum absolute atomic E-state index is 0.00939. The van der Waals surface area contributed by atoms with E-state index in [1.54, 1.807) is 11.0 Å². The van der Waals surface area contributed by atoms with E-state index >= 15 is 0 Å². The van der Waals surface area contributed by atoms with Crippen LogP contribution in [0.2, 0.25) is 0 Å². The molecule has 0 spiro atoms. The molecule has 28 heavy (non-hydrogen) atoms. The molecule has 1 saturated heterocycles. The topological polar surface area (TPSA) is 60.9 Å². The molecule has 0 bridgehead atoms. The van der Waals surface area contributed by atoms with Gasteiger partial charge in [-0.05, 0) is 43.2 Å². The van der Waals surface area contributed by atoms with Gasteiger partial charge < -0.3 is 9.80 Å². The number of amides is 1. The van der Waals surface area contributed by atoms with Crippen LogP contribution in [0.3, 0.4) is 0 Å². The van der Waals surface area contributed by atoms with Gasteiger partial charge in [0.2, 0.25) is 15.9 Å². The van der Waals surface area contributed by atoms with Gasteiger partial charge in [-0.15, -0.1) is 0 Å². The number of hydrogen-bond acceptors (Lipinski definition) is 4. The Morgan fingerprint density at radius 2 is 1.64 bits per heavy atom. The zero-order valence-electron chi connectivity index (χ0n) is 16.6. The molecule has 0 radical (unpaired) electrons. The van der Waals surface area contributed by atoms with E-state index in [9.17, 15) is 13.2 Å². The average Bonchev–Trinajstić information content (AvgIpc) is 2.70. The van der Waals surface area contributed by atoms with Gasteiger partial charge in [-0.1, -0.05) is 30.3 Å². The van der Waals surface area contributed by atoms with Crippen LogP contribution >= 0.6 is 0 Å². The van der Waals surface area contributed by atoms with Gasteiger partial charge in [0.05, 0.1) is 11.4 Å². The average molecular weight is 402 g/mol. The van der Waals surface area contributed by atoms with Crippen molar-refractivity contribution in [3.8, 4) is 0 Å². The van der Waals surface area contributed by atoms with Crippen molar-refractivity contribution in [1.82, 2.24) is 9.21 Å². The lowest BCUT2D eigenvalue weighted by Gasteiger charge is -2.35. The van der Waals surface area contributed by atoms with Gasteiger partial charge >= 0.3 is 0 Å². The Labute approximate surface area is 167 Å². The van der Waals surface area contributed by atoms with Crippen LogP contribution < -0.4 is 4.90 Å². The lowest BCUT2D eigenvalue weighted by atomic mass is 10.2. The Kier molecular flexibility index (Phi) is 6.05. The van der Waals surface area contributed by atoms with Gasteiger partial charge in [0, 0.05) is 38.9 Å². The quantitative estimate of drug-likeness (QED) is 0.771. The summed E-state index contributed by atoms with van der Waals surface area (Å²) in [5.41, 5.74) is 2.64. The summed E-state index contributed by atoms with van der Waals surface area (Å²) in [5.74, 6) is 0.00939. The number of carbonyl (C=O) groups is 1. The fourth-order valence-electron chi connectivity index (χ4n) is 3.38. The van der Waals surface area contributed by atoms with Gasteiger partial charge in [-0.2, -0.15) is 4.31 Å². The van der Waals surface area contributed by atoms with Gasteiger partial charge in [0.15, 0.2) is 0 Å². The Morgan fingerprint density at radius 3 is 2.29 bits per heavy atom. The number of hydrogen-bond donors (Lipinski definition) is 0. The monoisotopic (exact) mass is 401 g/mol. The molecule has 1 fully saturated rings. The van der Waals surface area contributed by atoms with E-state index in [0.717, 1.165) is 16.8 Å². The third-order valence-corrected chi connectivity index (χ3v) is 7.16. The number of benzene rings is 2. The lowest BCUT2D eigenvalue weighted by Crippen LogP contribution is -2.52. The van der Waals surface area contributed by atoms with Crippen LogP contribution in [-0.4, -0.2) is 63.3 Å². The van der Waals surface area contributed by atoms with Crippen molar-refractivity contribution in [2.24, 2.45) is 0 Å². The Balaban J connectivity index is 1.62. The summed E-state index contributed by atoms with van der Waals surface area (Å²) in [6.07, 6.45) is 0. The van der Waals surface area contributed by atoms with Gasteiger partial charge in [-0.3, -0.25) is 4.79 Å². The van der Waals surface area contributed by atoms with E-state index in [1.807, 2.05) is 68.3 Å². The number of rotatable bonds is 5. The SMILES string of the molecule is Cc1ccc(C)c(S(=O)(=O)N2CCN(C(=O)CN(C)c3ccccc3)CC2)c1. The number of para-hydroxylation sites is 1. The smallest absolute Gasteiger partial charge is 0.243 e. The first-order valence-corrected chi connectivity index (χ1v) is 10.8. The summed E-state index contributed by atoms with van der Waals surface area (Å²) in [7, 11) is -1.66. The van der Waals surface area contributed by atoms with Crippen molar-refractivity contribution in [3.63, 3.8) is 0 Å². The lowest BCUT2D eigenvalue weighted by molar-refractivity contribution is -0.130. The number of piperazine rings is 1. The van der Waals surface area contributed by atoms with Crippen molar-refractivity contribution in [2.45, 2.75) is 18.7 Å². The van der Waals surface area contributed by atoms with Crippen molar-refractivity contribution in [3.05, 3.63) is 59.7 Å². The Morgan fingerprint density at radius 1 is 1.00 bits per heavy atom. The van der Waals surface area contributed by atoms with E-state index in [4.69, 9.17) is 0 Å². The summed E-state index contributed by atoms with van der Waals surface area (Å²) in [6, 6.07) is 15.2. The number of anilines is 1. The molecule has 3 rings (SSSR count). The molecule has 150 valence electrons. The number of sulfonamides is 1. The molecule has 0 N–H and O–H groups in total. The van der Waals surface area contributed by atoms with Crippen LogP contribution in [0.15, 0.2) is 53.4 Å². The molecule has 0 aliphatic carbocycles. The molecule has 1 amide bonds. The molecule has 1 heterocycles. The van der Waals surface area contributed by atoms with Crippen molar-refractivity contribution in [2.75, 3.05) is 44.7 Å². The zero-order valence-corrected chi connectivity index (χ0v) is 17.4. The maximum absolute atomic E-state index is 13.0. The highest BCUT2D eigenvalue weighted by Gasteiger charge is 2.31. The fourth-order valence-corrected chi connectivity index (χ4v) is 5.11. The molecule has 0 saturated carbocycles. The van der Waals surface area contributed by atoms with E-state index in [0.29, 0.717) is 31.1 Å². The number of aryl methyl sites for hydroxylation is 2. The molecule has 0 unspecified atom stereocenters. The third kappa shape index (κ3) is 4.36. The Bertz CT molecular complexity index is 937. The highest BCUT2D eigenvalue weighted by Crippen LogP contribution is 2.22. The minimum Gasteiger partial charge on any atom is -0.365 e. The molecule has 0 atom stereocenters. The summed E-state index contributed by atoms with van der Waals surface area (Å²) in [6.45, 7) is 5.42. The minimum atomic E-state index is -3.55. The molecular formula is C21H27N3O3S. The molecule has 2 aromatic carbocycles. The normalized spacial score (nSPS) is 15.5. The first-order valence-electron chi connectivity index (χ1n) is 9.40.